The van der Waals surface area contributed by atoms with Crippen LogP contribution in [0.5, 0.6) is 17.2 Å². The minimum absolute atomic E-state index is 0.154. The van der Waals surface area contributed by atoms with Crippen molar-refractivity contribution in [1.29, 1.82) is 0 Å². The Morgan fingerprint density at radius 2 is 1.69 bits per heavy atom. The van der Waals surface area contributed by atoms with E-state index in [1.807, 2.05) is 37.3 Å². The van der Waals surface area contributed by atoms with Crippen LogP contribution in [0.25, 0.3) is 0 Å². The van der Waals surface area contributed by atoms with Gasteiger partial charge in [-0.25, -0.2) is 0 Å². The second-order valence-corrected chi connectivity index (χ2v) is 6.64. The lowest BCUT2D eigenvalue weighted by Crippen LogP contribution is -2.36. The third kappa shape index (κ3) is 7.09. The maximum Gasteiger partial charge on any atom is 0.251 e. The summed E-state index contributed by atoms with van der Waals surface area (Å²) in [4.78, 5) is 24.4. The highest BCUT2D eigenvalue weighted by atomic mass is 16.5. The third-order valence-corrected chi connectivity index (χ3v) is 4.31. The summed E-state index contributed by atoms with van der Waals surface area (Å²) >= 11 is 0. The van der Waals surface area contributed by atoms with Gasteiger partial charge >= 0.3 is 0 Å². The van der Waals surface area contributed by atoms with Crippen LogP contribution in [0.2, 0.25) is 0 Å². The zero-order valence-corrected chi connectivity index (χ0v) is 17.8. The molecule has 3 aromatic rings. The van der Waals surface area contributed by atoms with Gasteiger partial charge in [-0.2, -0.15) is 0 Å². The number of benzene rings is 2. The predicted molar refractivity (Wildman–Crippen MR) is 118 cm³/mol. The minimum Gasteiger partial charge on any atom is -0.490 e. The molecule has 2 N–H and O–H groups in total. The van der Waals surface area contributed by atoms with Crippen molar-refractivity contribution < 1.29 is 28.2 Å². The van der Waals surface area contributed by atoms with E-state index in [-0.39, 0.29) is 19.0 Å². The molecule has 2 aromatic carbocycles. The lowest BCUT2D eigenvalue weighted by Gasteiger charge is -2.14. The first-order chi connectivity index (χ1) is 15.7. The number of ether oxygens (including phenoxy) is 3. The van der Waals surface area contributed by atoms with Crippen LogP contribution >= 0.6 is 0 Å². The van der Waals surface area contributed by atoms with Gasteiger partial charge in [0.2, 0.25) is 5.91 Å². The summed E-state index contributed by atoms with van der Waals surface area (Å²) in [5.41, 5.74) is 0.361. The SMILES string of the molecule is CCOc1cc(C(=O)NCC(=O)NCc2ccco2)ccc1OCCOc1ccccc1. The summed E-state index contributed by atoms with van der Waals surface area (Å²) in [6, 6.07) is 17.8. The molecule has 0 aliphatic rings. The van der Waals surface area contributed by atoms with Crippen LogP contribution in [0.15, 0.2) is 71.3 Å². The van der Waals surface area contributed by atoms with E-state index in [0.29, 0.717) is 42.6 Å². The Labute approximate surface area is 186 Å². The Morgan fingerprint density at radius 3 is 2.44 bits per heavy atom. The number of furan rings is 1. The van der Waals surface area contributed by atoms with Crippen molar-refractivity contribution in [3.05, 3.63) is 78.3 Å². The number of para-hydroxylation sites is 1. The summed E-state index contributed by atoms with van der Waals surface area (Å²) < 4.78 is 22.1. The quantitative estimate of drug-likeness (QED) is 0.422. The topological polar surface area (TPSA) is 99.0 Å². The Morgan fingerprint density at radius 1 is 0.875 bits per heavy atom. The fourth-order valence-corrected chi connectivity index (χ4v) is 2.79. The van der Waals surface area contributed by atoms with Crippen LogP contribution in [0.4, 0.5) is 0 Å². The summed E-state index contributed by atoms with van der Waals surface area (Å²) in [7, 11) is 0. The zero-order chi connectivity index (χ0) is 22.6. The Kier molecular flexibility index (Phi) is 8.56. The Hall–Kier alpha value is -3.94. The maximum absolute atomic E-state index is 12.4. The van der Waals surface area contributed by atoms with Crippen molar-refractivity contribution in [2.24, 2.45) is 0 Å². The fraction of sp³-hybridized carbons (Fsp3) is 0.250. The molecule has 0 aliphatic carbocycles. The van der Waals surface area contributed by atoms with Gasteiger partial charge in [0.25, 0.3) is 5.91 Å². The molecule has 8 heteroatoms. The molecule has 0 fully saturated rings. The molecule has 0 saturated heterocycles. The largest absolute Gasteiger partial charge is 0.490 e. The molecule has 8 nitrogen and oxygen atoms in total. The average Bonchev–Trinajstić information content (AvgIpc) is 3.34. The van der Waals surface area contributed by atoms with Gasteiger partial charge in [0, 0.05) is 5.56 Å². The summed E-state index contributed by atoms with van der Waals surface area (Å²) in [5, 5.41) is 5.26. The number of amides is 2. The molecule has 0 spiro atoms. The van der Waals surface area contributed by atoms with Gasteiger partial charge in [0.05, 0.1) is 26.0 Å². The van der Waals surface area contributed by atoms with Crippen molar-refractivity contribution in [2.45, 2.75) is 13.5 Å². The normalized spacial score (nSPS) is 10.3. The van der Waals surface area contributed by atoms with Gasteiger partial charge in [-0.1, -0.05) is 18.2 Å². The molecular weight excluding hydrogens is 412 g/mol. The fourth-order valence-electron chi connectivity index (χ4n) is 2.79. The highest BCUT2D eigenvalue weighted by molar-refractivity contribution is 5.97. The first-order valence-electron chi connectivity index (χ1n) is 10.3. The van der Waals surface area contributed by atoms with Gasteiger partial charge in [0.15, 0.2) is 11.5 Å². The van der Waals surface area contributed by atoms with Crippen molar-refractivity contribution in [2.75, 3.05) is 26.4 Å². The van der Waals surface area contributed by atoms with Crippen molar-refractivity contribution in [3.63, 3.8) is 0 Å². The maximum atomic E-state index is 12.4. The standard InChI is InChI=1S/C24H26N2O6/c1-2-29-22-15-18(24(28)26-17-23(27)25-16-20-9-6-12-30-20)10-11-21(22)32-14-13-31-19-7-4-3-5-8-19/h3-12,15H,2,13-14,16-17H2,1H3,(H,25,27)(H,26,28). The number of nitrogens with one attached hydrogen (secondary N) is 2. The van der Waals surface area contributed by atoms with Crippen LogP contribution in [0, 0.1) is 0 Å². The molecule has 0 saturated carbocycles. The molecule has 1 heterocycles. The molecule has 0 aliphatic heterocycles. The van der Waals surface area contributed by atoms with E-state index >= 15 is 0 Å². The van der Waals surface area contributed by atoms with Crippen molar-refractivity contribution in [3.8, 4) is 17.2 Å². The van der Waals surface area contributed by atoms with Gasteiger partial charge in [-0.05, 0) is 49.4 Å². The van der Waals surface area contributed by atoms with E-state index in [1.165, 1.54) is 6.26 Å². The third-order valence-electron chi connectivity index (χ3n) is 4.31. The summed E-state index contributed by atoms with van der Waals surface area (Å²) in [6.07, 6.45) is 1.53. The summed E-state index contributed by atoms with van der Waals surface area (Å²) in [5.74, 6) is 1.65. The lowest BCUT2D eigenvalue weighted by atomic mass is 10.2. The van der Waals surface area contributed by atoms with Gasteiger partial charge in [0.1, 0.15) is 24.7 Å². The van der Waals surface area contributed by atoms with Crippen LogP contribution in [-0.4, -0.2) is 38.2 Å². The minimum atomic E-state index is -0.391. The van der Waals surface area contributed by atoms with E-state index in [9.17, 15) is 9.59 Å². The number of carbonyl (C=O) groups is 2. The summed E-state index contributed by atoms with van der Waals surface area (Å²) in [6.45, 7) is 3.05. The molecule has 1 aromatic heterocycles. The Bertz CT molecular complexity index is 989. The second kappa shape index (κ2) is 12.0. The smallest absolute Gasteiger partial charge is 0.251 e. The number of carbonyl (C=O) groups excluding carboxylic acids is 2. The predicted octanol–water partition coefficient (Wildman–Crippen LogP) is 3.18. The molecule has 0 atom stereocenters. The van der Waals surface area contributed by atoms with E-state index < -0.39 is 5.91 Å². The molecule has 3 rings (SSSR count). The number of rotatable bonds is 12. The first kappa shape index (κ1) is 22.7. The molecule has 0 unspecified atom stereocenters. The van der Waals surface area contributed by atoms with E-state index in [1.54, 1.807) is 30.3 Å². The highest BCUT2D eigenvalue weighted by Crippen LogP contribution is 2.28. The van der Waals surface area contributed by atoms with Crippen LogP contribution in [0.3, 0.4) is 0 Å². The van der Waals surface area contributed by atoms with E-state index in [0.717, 1.165) is 5.75 Å². The van der Waals surface area contributed by atoms with Gasteiger partial charge in [-0.15, -0.1) is 0 Å². The lowest BCUT2D eigenvalue weighted by molar-refractivity contribution is -0.120. The molecule has 0 bridgehead atoms. The molecule has 32 heavy (non-hydrogen) atoms. The highest BCUT2D eigenvalue weighted by Gasteiger charge is 2.13. The molecular formula is C24H26N2O6. The molecule has 168 valence electrons. The monoisotopic (exact) mass is 438 g/mol. The van der Waals surface area contributed by atoms with E-state index in [4.69, 9.17) is 18.6 Å². The molecule has 2 amide bonds. The van der Waals surface area contributed by atoms with Crippen LogP contribution < -0.4 is 24.8 Å². The number of hydrogen-bond donors (Lipinski definition) is 2. The number of hydrogen-bond acceptors (Lipinski definition) is 6. The average molecular weight is 438 g/mol. The van der Waals surface area contributed by atoms with Crippen molar-refractivity contribution in [1.82, 2.24) is 10.6 Å². The zero-order valence-electron chi connectivity index (χ0n) is 17.8. The van der Waals surface area contributed by atoms with Gasteiger partial charge < -0.3 is 29.3 Å². The van der Waals surface area contributed by atoms with Crippen LogP contribution in [0.1, 0.15) is 23.0 Å². The van der Waals surface area contributed by atoms with Crippen LogP contribution in [-0.2, 0) is 11.3 Å². The van der Waals surface area contributed by atoms with Gasteiger partial charge in [-0.3, -0.25) is 9.59 Å². The van der Waals surface area contributed by atoms with Crippen molar-refractivity contribution >= 4 is 11.8 Å². The second-order valence-electron chi connectivity index (χ2n) is 6.64. The Balaban J connectivity index is 1.48. The first-order valence-corrected chi connectivity index (χ1v) is 10.3. The molecule has 0 radical (unpaired) electrons. The van der Waals surface area contributed by atoms with E-state index in [2.05, 4.69) is 10.6 Å².